The Labute approximate surface area is 138 Å². The van der Waals surface area contributed by atoms with Crippen LogP contribution in [0.4, 0.5) is 0 Å². The predicted octanol–water partition coefficient (Wildman–Crippen LogP) is 0.824. The molecule has 0 bridgehead atoms. The standard InChI is InChI=1S/C16H22N2O4S/c19-16(18-12-2-1-6-17-11-12)5-9-23(20)13-3-4-14-15(10-13)22-8-7-21-14/h3-4,10,12,17H,1-2,5-9,11H2,(H,18,19). The third-order valence-electron chi connectivity index (χ3n) is 3.95. The van der Waals surface area contributed by atoms with Gasteiger partial charge in [-0.2, -0.15) is 0 Å². The fourth-order valence-electron chi connectivity index (χ4n) is 2.74. The molecule has 2 aliphatic rings. The average Bonchev–Trinajstić information content (AvgIpc) is 2.60. The van der Waals surface area contributed by atoms with Crippen molar-refractivity contribution in [3.8, 4) is 11.5 Å². The minimum absolute atomic E-state index is 0.0374. The lowest BCUT2D eigenvalue weighted by Gasteiger charge is -2.23. The third kappa shape index (κ3) is 4.45. The maximum Gasteiger partial charge on any atom is 0.221 e. The number of piperidine rings is 1. The molecule has 1 amide bonds. The quantitative estimate of drug-likeness (QED) is 0.831. The SMILES string of the molecule is O=C(CCS(=O)c1ccc2c(c1)OCCO2)NC1CCCNC1. The third-order valence-corrected chi connectivity index (χ3v) is 5.31. The molecule has 23 heavy (non-hydrogen) atoms. The zero-order valence-corrected chi connectivity index (χ0v) is 13.8. The summed E-state index contributed by atoms with van der Waals surface area (Å²) in [5, 5.41) is 6.25. The van der Waals surface area contributed by atoms with E-state index in [1.807, 2.05) is 0 Å². The molecule has 2 aliphatic heterocycles. The molecule has 1 aromatic carbocycles. The van der Waals surface area contributed by atoms with E-state index >= 15 is 0 Å². The minimum Gasteiger partial charge on any atom is -0.486 e. The zero-order chi connectivity index (χ0) is 16.1. The number of benzene rings is 1. The number of carbonyl (C=O) groups excluding carboxylic acids is 1. The van der Waals surface area contributed by atoms with Crippen LogP contribution in [0, 0.1) is 0 Å². The summed E-state index contributed by atoms with van der Waals surface area (Å²) in [6.45, 7) is 2.87. The van der Waals surface area contributed by atoms with Gasteiger partial charge in [0, 0.05) is 35.7 Å². The second-order valence-electron chi connectivity index (χ2n) is 5.72. The van der Waals surface area contributed by atoms with Crippen molar-refractivity contribution in [1.29, 1.82) is 0 Å². The van der Waals surface area contributed by atoms with Crippen molar-refractivity contribution in [1.82, 2.24) is 10.6 Å². The van der Waals surface area contributed by atoms with Gasteiger partial charge in [0.25, 0.3) is 0 Å². The number of rotatable bonds is 5. The van der Waals surface area contributed by atoms with Gasteiger partial charge in [-0.1, -0.05) is 0 Å². The van der Waals surface area contributed by atoms with Gasteiger partial charge in [-0.25, -0.2) is 0 Å². The maximum absolute atomic E-state index is 12.3. The molecular weight excluding hydrogens is 316 g/mol. The van der Waals surface area contributed by atoms with Crippen LogP contribution in [-0.4, -0.2) is 48.2 Å². The molecule has 2 atom stereocenters. The molecule has 1 fully saturated rings. The number of ether oxygens (including phenoxy) is 2. The molecule has 6 nitrogen and oxygen atoms in total. The molecule has 1 saturated heterocycles. The summed E-state index contributed by atoms with van der Waals surface area (Å²) in [6.07, 6.45) is 2.34. The lowest BCUT2D eigenvalue weighted by atomic mass is 10.1. The lowest BCUT2D eigenvalue weighted by molar-refractivity contribution is -0.121. The summed E-state index contributed by atoms with van der Waals surface area (Å²) >= 11 is 0. The van der Waals surface area contributed by atoms with E-state index in [1.165, 1.54) is 0 Å². The van der Waals surface area contributed by atoms with Crippen LogP contribution in [0.5, 0.6) is 11.5 Å². The smallest absolute Gasteiger partial charge is 0.221 e. The predicted molar refractivity (Wildman–Crippen MR) is 87.4 cm³/mol. The Kier molecular flexibility index (Phi) is 5.51. The molecule has 0 spiro atoms. The molecule has 126 valence electrons. The fourth-order valence-corrected chi connectivity index (χ4v) is 3.81. The fraction of sp³-hybridized carbons (Fsp3) is 0.562. The highest BCUT2D eigenvalue weighted by atomic mass is 32.2. The first-order valence-electron chi connectivity index (χ1n) is 8.00. The summed E-state index contributed by atoms with van der Waals surface area (Å²) in [5.41, 5.74) is 0. The Morgan fingerprint density at radius 1 is 1.30 bits per heavy atom. The number of hydrogen-bond donors (Lipinski definition) is 2. The summed E-state index contributed by atoms with van der Waals surface area (Å²) in [5.74, 6) is 1.58. The van der Waals surface area contributed by atoms with Crippen LogP contribution >= 0.6 is 0 Å². The zero-order valence-electron chi connectivity index (χ0n) is 13.0. The Morgan fingerprint density at radius 3 is 2.91 bits per heavy atom. The molecule has 0 radical (unpaired) electrons. The van der Waals surface area contributed by atoms with Crippen molar-refractivity contribution in [2.24, 2.45) is 0 Å². The molecule has 2 N–H and O–H groups in total. The van der Waals surface area contributed by atoms with Crippen LogP contribution in [-0.2, 0) is 15.6 Å². The van der Waals surface area contributed by atoms with Gasteiger partial charge >= 0.3 is 0 Å². The van der Waals surface area contributed by atoms with Crippen molar-refractivity contribution < 1.29 is 18.5 Å². The monoisotopic (exact) mass is 338 g/mol. The second kappa shape index (κ2) is 7.79. The van der Waals surface area contributed by atoms with Crippen LogP contribution in [0.15, 0.2) is 23.1 Å². The van der Waals surface area contributed by atoms with E-state index in [2.05, 4.69) is 10.6 Å². The van der Waals surface area contributed by atoms with Crippen LogP contribution in [0.3, 0.4) is 0 Å². The van der Waals surface area contributed by atoms with Gasteiger partial charge in [0.05, 0.1) is 10.8 Å². The van der Waals surface area contributed by atoms with E-state index in [-0.39, 0.29) is 18.4 Å². The lowest BCUT2D eigenvalue weighted by Crippen LogP contribution is -2.45. The molecular formula is C16H22N2O4S. The van der Waals surface area contributed by atoms with Crippen molar-refractivity contribution in [3.05, 3.63) is 18.2 Å². The Morgan fingerprint density at radius 2 is 2.13 bits per heavy atom. The van der Waals surface area contributed by atoms with Gasteiger partial charge in [-0.05, 0) is 31.5 Å². The topological polar surface area (TPSA) is 76.7 Å². The van der Waals surface area contributed by atoms with Crippen LogP contribution in [0.1, 0.15) is 19.3 Å². The van der Waals surface area contributed by atoms with Crippen molar-refractivity contribution in [2.75, 3.05) is 32.1 Å². The van der Waals surface area contributed by atoms with Gasteiger partial charge in [-0.3, -0.25) is 9.00 Å². The minimum atomic E-state index is -1.22. The van der Waals surface area contributed by atoms with Crippen molar-refractivity contribution >= 4 is 16.7 Å². The summed E-state index contributed by atoms with van der Waals surface area (Å²) < 4.78 is 23.3. The highest BCUT2D eigenvalue weighted by Crippen LogP contribution is 2.31. The first kappa shape index (κ1) is 16.3. The van der Waals surface area contributed by atoms with Crippen LogP contribution in [0.25, 0.3) is 0 Å². The summed E-state index contributed by atoms with van der Waals surface area (Å²) in [4.78, 5) is 12.6. The number of fused-ring (bicyclic) bond motifs is 1. The highest BCUT2D eigenvalue weighted by molar-refractivity contribution is 7.85. The van der Waals surface area contributed by atoms with Crippen molar-refractivity contribution in [2.45, 2.75) is 30.2 Å². The van der Waals surface area contributed by atoms with E-state index in [0.29, 0.717) is 35.4 Å². The van der Waals surface area contributed by atoms with E-state index in [0.717, 1.165) is 25.9 Å². The number of carbonyl (C=O) groups is 1. The molecule has 1 aromatic rings. The van der Waals surface area contributed by atoms with Gasteiger partial charge in [-0.15, -0.1) is 0 Å². The molecule has 0 aromatic heterocycles. The van der Waals surface area contributed by atoms with E-state index in [4.69, 9.17) is 9.47 Å². The highest BCUT2D eigenvalue weighted by Gasteiger charge is 2.17. The maximum atomic E-state index is 12.3. The molecule has 3 rings (SSSR count). The van der Waals surface area contributed by atoms with Gasteiger partial charge in [0.15, 0.2) is 11.5 Å². The van der Waals surface area contributed by atoms with Gasteiger partial charge < -0.3 is 20.1 Å². The first-order valence-corrected chi connectivity index (χ1v) is 9.32. The number of amides is 1. The average molecular weight is 338 g/mol. The van der Waals surface area contributed by atoms with E-state index < -0.39 is 10.8 Å². The Bertz CT molecular complexity index is 587. The molecule has 7 heteroatoms. The number of nitrogens with one attached hydrogen (secondary N) is 2. The van der Waals surface area contributed by atoms with E-state index in [9.17, 15) is 9.00 Å². The molecule has 0 aliphatic carbocycles. The van der Waals surface area contributed by atoms with E-state index in [1.54, 1.807) is 18.2 Å². The largest absolute Gasteiger partial charge is 0.486 e. The first-order chi connectivity index (χ1) is 11.2. The Balaban J connectivity index is 1.49. The molecule has 2 unspecified atom stereocenters. The summed E-state index contributed by atoms with van der Waals surface area (Å²) in [7, 11) is -1.22. The van der Waals surface area contributed by atoms with Crippen LogP contribution < -0.4 is 20.1 Å². The van der Waals surface area contributed by atoms with Gasteiger partial charge in [0.2, 0.25) is 5.91 Å². The molecule has 2 heterocycles. The number of hydrogen-bond acceptors (Lipinski definition) is 5. The van der Waals surface area contributed by atoms with Crippen molar-refractivity contribution in [3.63, 3.8) is 0 Å². The van der Waals surface area contributed by atoms with Gasteiger partial charge in [0.1, 0.15) is 13.2 Å². The molecule has 0 saturated carbocycles. The van der Waals surface area contributed by atoms with Crippen LogP contribution in [0.2, 0.25) is 0 Å². The Hall–Kier alpha value is -1.60. The normalized spacial score (nSPS) is 21.5. The second-order valence-corrected chi connectivity index (χ2v) is 7.29. The summed E-state index contributed by atoms with van der Waals surface area (Å²) in [6, 6.07) is 5.48.